The van der Waals surface area contributed by atoms with E-state index in [0.29, 0.717) is 6.04 Å². The molecule has 4 N–H and O–H groups in total. The number of pyridine rings is 1. The monoisotopic (exact) mass is 401 g/mol. The number of fused-ring (bicyclic) bond motifs is 1. The van der Waals surface area contributed by atoms with E-state index in [1.165, 1.54) is 11.3 Å². The van der Waals surface area contributed by atoms with Gasteiger partial charge >= 0.3 is 0 Å². The molecule has 1 aromatic heterocycles. The number of carbonyl (C=O) groups is 1. The van der Waals surface area contributed by atoms with Crippen LogP contribution in [0.1, 0.15) is 30.2 Å². The number of primary amides is 1. The number of anilines is 3. The number of nitrogens with two attached hydrogens (primary N) is 1. The number of carbonyl (C=O) groups excluding carboxylic acids is 1. The van der Waals surface area contributed by atoms with Crippen LogP contribution in [0.25, 0.3) is 0 Å². The number of rotatable bonds is 5. The molecule has 2 aliphatic rings. The van der Waals surface area contributed by atoms with Crippen molar-refractivity contribution in [1.29, 1.82) is 0 Å². The number of hydrogen-bond acceptors (Lipinski definition) is 5. The van der Waals surface area contributed by atoms with E-state index in [-0.39, 0.29) is 24.7 Å². The number of amides is 1. The zero-order chi connectivity index (χ0) is 18.8. The van der Waals surface area contributed by atoms with E-state index in [2.05, 4.69) is 28.5 Å². The molecule has 150 valence electrons. The minimum absolute atomic E-state index is 0. The Labute approximate surface area is 172 Å². The average molecular weight is 402 g/mol. The first-order valence-electron chi connectivity index (χ1n) is 9.74. The van der Waals surface area contributed by atoms with Crippen molar-refractivity contribution in [1.82, 2.24) is 10.3 Å². The van der Waals surface area contributed by atoms with Gasteiger partial charge in [-0.25, -0.2) is 4.98 Å². The second-order valence-electron chi connectivity index (χ2n) is 7.57. The maximum Gasteiger partial charge on any atom is 0.221 e. The number of aryl methyl sites for hydroxylation is 1. The molecule has 1 amide bonds. The van der Waals surface area contributed by atoms with Gasteiger partial charge in [0, 0.05) is 48.8 Å². The Morgan fingerprint density at radius 3 is 2.82 bits per heavy atom. The number of hydrogen-bond donors (Lipinski definition) is 3. The normalized spacial score (nSPS) is 18.3. The van der Waals surface area contributed by atoms with Crippen LogP contribution in [0, 0.1) is 0 Å². The van der Waals surface area contributed by atoms with Crippen LogP contribution in [0.2, 0.25) is 0 Å². The fourth-order valence-corrected chi connectivity index (χ4v) is 4.00. The zero-order valence-electron chi connectivity index (χ0n) is 16.2. The molecule has 6 nitrogen and oxygen atoms in total. The molecule has 0 saturated carbocycles. The summed E-state index contributed by atoms with van der Waals surface area (Å²) < 4.78 is 0. The molecule has 2 heterocycles. The van der Waals surface area contributed by atoms with Crippen LogP contribution in [-0.4, -0.2) is 36.6 Å². The molecule has 0 bridgehead atoms. The van der Waals surface area contributed by atoms with Crippen LogP contribution in [0.3, 0.4) is 0 Å². The van der Waals surface area contributed by atoms with Crippen molar-refractivity contribution in [2.75, 3.05) is 29.9 Å². The number of aromatic nitrogens is 1. The lowest BCUT2D eigenvalue weighted by Gasteiger charge is -2.33. The van der Waals surface area contributed by atoms with Gasteiger partial charge in [-0.1, -0.05) is 12.1 Å². The van der Waals surface area contributed by atoms with Crippen LogP contribution < -0.4 is 21.3 Å². The summed E-state index contributed by atoms with van der Waals surface area (Å²) in [5, 5.41) is 7.07. The first-order valence-corrected chi connectivity index (χ1v) is 9.74. The molecule has 1 fully saturated rings. The molecule has 1 aromatic carbocycles. The molecular weight excluding hydrogens is 374 g/mol. The van der Waals surface area contributed by atoms with E-state index in [9.17, 15) is 4.79 Å². The van der Waals surface area contributed by atoms with Gasteiger partial charge in [0.15, 0.2) is 0 Å². The molecule has 1 atom stereocenters. The van der Waals surface area contributed by atoms with E-state index >= 15 is 0 Å². The lowest BCUT2D eigenvalue weighted by Crippen LogP contribution is -2.49. The van der Waals surface area contributed by atoms with Crippen molar-refractivity contribution < 1.29 is 4.79 Å². The van der Waals surface area contributed by atoms with Gasteiger partial charge in [-0.3, -0.25) is 4.79 Å². The fraction of sp³-hybridized carbons (Fsp3) is 0.429. The van der Waals surface area contributed by atoms with Crippen molar-refractivity contribution in [2.24, 2.45) is 5.73 Å². The van der Waals surface area contributed by atoms with Gasteiger partial charge in [0.05, 0.1) is 6.42 Å². The molecule has 0 radical (unpaired) electrons. The lowest BCUT2D eigenvalue weighted by atomic mass is 10.1. The summed E-state index contributed by atoms with van der Waals surface area (Å²) in [7, 11) is 0. The van der Waals surface area contributed by atoms with Gasteiger partial charge in [-0.2, -0.15) is 0 Å². The molecule has 28 heavy (non-hydrogen) atoms. The number of nitrogens with one attached hydrogen (secondary N) is 2. The van der Waals surface area contributed by atoms with Crippen molar-refractivity contribution in [2.45, 2.75) is 38.6 Å². The third-order valence-electron chi connectivity index (χ3n) is 5.34. The Kier molecular flexibility index (Phi) is 6.42. The quantitative estimate of drug-likeness (QED) is 0.717. The van der Waals surface area contributed by atoms with Crippen molar-refractivity contribution in [3.63, 3.8) is 0 Å². The fourth-order valence-electron chi connectivity index (χ4n) is 4.00. The second-order valence-corrected chi connectivity index (χ2v) is 7.57. The van der Waals surface area contributed by atoms with E-state index in [0.717, 1.165) is 61.7 Å². The predicted octanol–water partition coefficient (Wildman–Crippen LogP) is 2.56. The zero-order valence-corrected chi connectivity index (χ0v) is 17.0. The van der Waals surface area contributed by atoms with E-state index in [1.54, 1.807) is 0 Å². The molecule has 2 aromatic rings. The Morgan fingerprint density at radius 2 is 2.11 bits per heavy atom. The first kappa shape index (κ1) is 20.4. The predicted molar refractivity (Wildman–Crippen MR) is 116 cm³/mol. The summed E-state index contributed by atoms with van der Waals surface area (Å²) in [6.45, 7) is 5.17. The number of halogens is 1. The summed E-state index contributed by atoms with van der Waals surface area (Å²) in [6, 6.07) is 10.6. The maximum atomic E-state index is 11.1. The second kappa shape index (κ2) is 8.80. The minimum Gasteiger partial charge on any atom is -0.369 e. The van der Waals surface area contributed by atoms with Gasteiger partial charge in [-0.05, 0) is 49.4 Å². The highest BCUT2D eigenvalue weighted by Gasteiger charge is 2.22. The number of benzene rings is 1. The van der Waals surface area contributed by atoms with Gasteiger partial charge in [0.25, 0.3) is 0 Å². The van der Waals surface area contributed by atoms with Gasteiger partial charge in [0.2, 0.25) is 5.91 Å². The third kappa shape index (κ3) is 4.56. The molecular formula is C21H28ClN5O. The highest BCUT2D eigenvalue weighted by molar-refractivity contribution is 5.85. The topological polar surface area (TPSA) is 83.3 Å². The SMILES string of the molecule is C[C@@H]1CN(c2cc(Nc3ccc(CC(N)=O)cc3)c3c(n2)CCC3)CCN1.Cl. The number of nitrogens with zero attached hydrogens (tertiary/aromatic N) is 2. The maximum absolute atomic E-state index is 11.1. The summed E-state index contributed by atoms with van der Waals surface area (Å²) in [5.74, 6) is 0.759. The van der Waals surface area contributed by atoms with Crippen LogP contribution >= 0.6 is 12.4 Å². The Bertz CT molecular complexity index is 839. The van der Waals surface area contributed by atoms with E-state index in [1.807, 2.05) is 24.3 Å². The standard InChI is InChI=1S/C21H27N5O.ClH/c1-14-13-26(10-9-23-14)21-12-19(17-3-2-4-18(17)25-21)24-16-7-5-15(6-8-16)11-20(22)27;/h5-8,12,14,23H,2-4,9-11,13H2,1H3,(H2,22,27)(H,24,25);1H/t14-;/m1./s1. The summed E-state index contributed by atoms with van der Waals surface area (Å²) in [4.78, 5) is 18.4. The number of piperazine rings is 1. The molecule has 0 unspecified atom stereocenters. The van der Waals surface area contributed by atoms with E-state index < -0.39 is 0 Å². The lowest BCUT2D eigenvalue weighted by molar-refractivity contribution is -0.117. The van der Waals surface area contributed by atoms with Crippen LogP contribution in [-0.2, 0) is 24.1 Å². The molecule has 0 spiro atoms. The summed E-state index contributed by atoms with van der Waals surface area (Å²) in [5.41, 5.74) is 10.9. The Balaban J connectivity index is 0.00000225. The average Bonchev–Trinajstić information content (AvgIpc) is 3.12. The molecule has 7 heteroatoms. The molecule has 1 saturated heterocycles. The Hall–Kier alpha value is -2.31. The third-order valence-corrected chi connectivity index (χ3v) is 5.34. The van der Waals surface area contributed by atoms with Gasteiger partial charge < -0.3 is 21.3 Å². The van der Waals surface area contributed by atoms with Crippen LogP contribution in [0.5, 0.6) is 0 Å². The molecule has 1 aliphatic heterocycles. The first-order chi connectivity index (χ1) is 13.1. The summed E-state index contributed by atoms with van der Waals surface area (Å²) in [6.07, 6.45) is 3.56. The molecule has 1 aliphatic carbocycles. The minimum atomic E-state index is -0.308. The van der Waals surface area contributed by atoms with Crippen molar-refractivity contribution >= 4 is 35.5 Å². The van der Waals surface area contributed by atoms with Crippen LogP contribution in [0.15, 0.2) is 30.3 Å². The highest BCUT2D eigenvalue weighted by Crippen LogP contribution is 2.33. The van der Waals surface area contributed by atoms with Gasteiger partial charge in [0.1, 0.15) is 5.82 Å². The van der Waals surface area contributed by atoms with Gasteiger partial charge in [-0.15, -0.1) is 12.4 Å². The molecule has 4 rings (SSSR count). The summed E-state index contributed by atoms with van der Waals surface area (Å²) >= 11 is 0. The van der Waals surface area contributed by atoms with Crippen molar-refractivity contribution in [3.8, 4) is 0 Å². The van der Waals surface area contributed by atoms with Crippen molar-refractivity contribution in [3.05, 3.63) is 47.2 Å². The largest absolute Gasteiger partial charge is 0.369 e. The van der Waals surface area contributed by atoms with E-state index in [4.69, 9.17) is 10.7 Å². The highest BCUT2D eigenvalue weighted by atomic mass is 35.5. The van der Waals surface area contributed by atoms with Crippen LogP contribution in [0.4, 0.5) is 17.2 Å². The smallest absolute Gasteiger partial charge is 0.221 e. The Morgan fingerprint density at radius 1 is 1.32 bits per heavy atom.